The highest BCUT2D eigenvalue weighted by molar-refractivity contribution is 5.79. The summed E-state index contributed by atoms with van der Waals surface area (Å²) < 4.78 is 0. The average Bonchev–Trinajstić information content (AvgIpc) is 2.29. The molecule has 1 nitrogen and oxygen atoms in total. The van der Waals surface area contributed by atoms with Crippen LogP contribution in [0.5, 0.6) is 0 Å². The summed E-state index contributed by atoms with van der Waals surface area (Å²) in [5.41, 5.74) is 2.73. The number of Topliss-reactive ketones (excluding diaryl/α,β-unsaturated/α-hetero) is 1. The highest BCUT2D eigenvalue weighted by Gasteiger charge is 2.11. The van der Waals surface area contributed by atoms with Crippen molar-refractivity contribution >= 4 is 5.78 Å². The minimum Gasteiger partial charge on any atom is -0.300 e. The second kappa shape index (κ2) is 3.10. The van der Waals surface area contributed by atoms with Crippen LogP contribution in [-0.4, -0.2) is 5.78 Å². The highest BCUT2D eigenvalue weighted by Crippen LogP contribution is 2.17. The Labute approximate surface area is 72.4 Å². The van der Waals surface area contributed by atoms with E-state index >= 15 is 0 Å². The maximum Gasteiger partial charge on any atom is 0.133 e. The van der Waals surface area contributed by atoms with Gasteiger partial charge in [0.2, 0.25) is 0 Å². The largest absolute Gasteiger partial charge is 0.300 e. The van der Waals surface area contributed by atoms with Gasteiger partial charge < -0.3 is 0 Å². The molecule has 0 saturated carbocycles. The molecule has 1 aliphatic carbocycles. The second-order valence-corrected chi connectivity index (χ2v) is 3.31. The fourth-order valence-electron chi connectivity index (χ4n) is 1.72. The van der Waals surface area contributed by atoms with Crippen molar-refractivity contribution in [2.45, 2.75) is 25.7 Å². The molecular weight excluding hydrogens is 148 g/mol. The fourth-order valence-corrected chi connectivity index (χ4v) is 1.72. The van der Waals surface area contributed by atoms with E-state index in [9.17, 15) is 4.79 Å². The summed E-state index contributed by atoms with van der Waals surface area (Å²) in [6.45, 7) is 0. The van der Waals surface area contributed by atoms with Gasteiger partial charge in [-0.25, -0.2) is 0 Å². The van der Waals surface area contributed by atoms with Crippen LogP contribution in [0.4, 0.5) is 0 Å². The molecule has 1 aromatic carbocycles. The zero-order valence-electron chi connectivity index (χ0n) is 7.05. The van der Waals surface area contributed by atoms with E-state index in [0.717, 1.165) is 25.7 Å². The van der Waals surface area contributed by atoms with Crippen LogP contribution in [0.25, 0.3) is 0 Å². The third-order valence-electron chi connectivity index (χ3n) is 2.46. The average molecular weight is 160 g/mol. The molecule has 0 bridgehead atoms. The molecule has 0 saturated heterocycles. The first-order valence-electron chi connectivity index (χ1n) is 4.45. The van der Waals surface area contributed by atoms with E-state index in [0.29, 0.717) is 5.78 Å². The van der Waals surface area contributed by atoms with Gasteiger partial charge in [0.25, 0.3) is 0 Å². The van der Waals surface area contributed by atoms with Gasteiger partial charge in [0, 0.05) is 12.8 Å². The summed E-state index contributed by atoms with van der Waals surface area (Å²) in [4.78, 5) is 11.2. The van der Waals surface area contributed by atoms with Crippen molar-refractivity contribution < 1.29 is 4.79 Å². The number of benzene rings is 1. The number of hydrogen-bond acceptors (Lipinski definition) is 1. The van der Waals surface area contributed by atoms with Gasteiger partial charge in [-0.05, 0) is 24.0 Å². The van der Waals surface area contributed by atoms with Crippen LogP contribution < -0.4 is 0 Å². The lowest BCUT2D eigenvalue weighted by Gasteiger charge is -2.01. The molecule has 2 rings (SSSR count). The molecule has 0 spiro atoms. The first-order valence-corrected chi connectivity index (χ1v) is 4.45. The summed E-state index contributed by atoms with van der Waals surface area (Å²) in [5.74, 6) is 0.409. The Morgan fingerprint density at radius 2 is 1.33 bits per heavy atom. The van der Waals surface area contributed by atoms with Crippen LogP contribution in [0.1, 0.15) is 24.0 Å². The van der Waals surface area contributed by atoms with Crippen LogP contribution >= 0.6 is 0 Å². The van der Waals surface area contributed by atoms with Gasteiger partial charge in [-0.15, -0.1) is 0 Å². The summed E-state index contributed by atoms with van der Waals surface area (Å²) in [7, 11) is 0. The molecule has 0 N–H and O–H groups in total. The molecule has 62 valence electrons. The monoisotopic (exact) mass is 160 g/mol. The molecule has 1 heteroatoms. The molecule has 0 atom stereocenters. The lowest BCUT2D eigenvalue weighted by Crippen LogP contribution is -1.95. The minimum absolute atomic E-state index is 0.409. The zero-order valence-corrected chi connectivity index (χ0v) is 7.05. The van der Waals surface area contributed by atoms with Gasteiger partial charge in [-0.2, -0.15) is 0 Å². The van der Waals surface area contributed by atoms with Gasteiger partial charge in [0.05, 0.1) is 0 Å². The molecule has 0 aromatic heterocycles. The number of carbonyl (C=O) groups is 1. The number of rotatable bonds is 0. The van der Waals surface area contributed by atoms with Gasteiger partial charge in [0.15, 0.2) is 0 Å². The fraction of sp³-hybridized carbons (Fsp3) is 0.364. The normalized spacial score (nSPS) is 16.8. The molecule has 0 amide bonds. The smallest absolute Gasteiger partial charge is 0.133 e. The topological polar surface area (TPSA) is 17.1 Å². The zero-order chi connectivity index (χ0) is 8.39. The Morgan fingerprint density at radius 1 is 0.833 bits per heavy atom. The van der Waals surface area contributed by atoms with E-state index < -0.39 is 0 Å². The Bertz CT molecular complexity index is 273. The Hall–Kier alpha value is -1.11. The maximum absolute atomic E-state index is 11.2. The minimum atomic E-state index is 0.409. The lowest BCUT2D eigenvalue weighted by atomic mass is 10.0. The molecule has 0 fully saturated rings. The third kappa shape index (κ3) is 1.40. The Morgan fingerprint density at radius 3 is 1.83 bits per heavy atom. The van der Waals surface area contributed by atoms with E-state index in [2.05, 4.69) is 24.3 Å². The van der Waals surface area contributed by atoms with E-state index in [-0.39, 0.29) is 0 Å². The van der Waals surface area contributed by atoms with E-state index in [1.54, 1.807) is 0 Å². The van der Waals surface area contributed by atoms with Crippen LogP contribution in [0.2, 0.25) is 0 Å². The Balaban J connectivity index is 2.32. The molecule has 0 unspecified atom stereocenters. The van der Waals surface area contributed by atoms with Crippen molar-refractivity contribution in [3.8, 4) is 0 Å². The molecule has 1 aliphatic rings. The van der Waals surface area contributed by atoms with E-state index in [4.69, 9.17) is 0 Å². The van der Waals surface area contributed by atoms with Crippen molar-refractivity contribution in [2.75, 3.05) is 0 Å². The summed E-state index contributed by atoms with van der Waals surface area (Å²) >= 11 is 0. The van der Waals surface area contributed by atoms with Gasteiger partial charge in [0.1, 0.15) is 5.78 Å². The summed E-state index contributed by atoms with van der Waals surface area (Å²) in [6, 6.07) is 8.37. The van der Waals surface area contributed by atoms with Crippen LogP contribution in [0.15, 0.2) is 24.3 Å². The molecule has 0 heterocycles. The number of hydrogen-bond donors (Lipinski definition) is 0. The SMILES string of the molecule is O=C1CCc2ccccc2CC1. The first kappa shape index (κ1) is 7.53. The van der Waals surface area contributed by atoms with E-state index in [1.165, 1.54) is 11.1 Å². The van der Waals surface area contributed by atoms with Crippen molar-refractivity contribution in [3.63, 3.8) is 0 Å². The van der Waals surface area contributed by atoms with Crippen LogP contribution in [0, 0.1) is 0 Å². The molecule has 1 aromatic rings. The van der Waals surface area contributed by atoms with Crippen molar-refractivity contribution in [3.05, 3.63) is 35.4 Å². The van der Waals surface area contributed by atoms with Gasteiger partial charge >= 0.3 is 0 Å². The number of carbonyl (C=O) groups excluding carboxylic acids is 1. The highest BCUT2D eigenvalue weighted by atomic mass is 16.1. The Kier molecular flexibility index (Phi) is 1.94. The predicted octanol–water partition coefficient (Wildman–Crippen LogP) is 2.13. The van der Waals surface area contributed by atoms with Crippen molar-refractivity contribution in [2.24, 2.45) is 0 Å². The summed E-state index contributed by atoms with van der Waals surface area (Å²) in [5, 5.41) is 0. The van der Waals surface area contributed by atoms with Crippen LogP contribution in [0.3, 0.4) is 0 Å². The van der Waals surface area contributed by atoms with Crippen LogP contribution in [-0.2, 0) is 17.6 Å². The lowest BCUT2D eigenvalue weighted by molar-refractivity contribution is -0.118. The molecular formula is C11H12O. The van der Waals surface area contributed by atoms with Gasteiger partial charge in [-0.3, -0.25) is 4.79 Å². The van der Waals surface area contributed by atoms with Crippen molar-refractivity contribution in [1.82, 2.24) is 0 Å². The second-order valence-electron chi connectivity index (χ2n) is 3.31. The maximum atomic E-state index is 11.2. The van der Waals surface area contributed by atoms with Crippen molar-refractivity contribution in [1.29, 1.82) is 0 Å². The molecule has 0 radical (unpaired) electrons. The number of fused-ring (bicyclic) bond motifs is 1. The quantitative estimate of drug-likeness (QED) is 0.531. The summed E-state index contributed by atoms with van der Waals surface area (Å²) in [6.07, 6.45) is 3.35. The molecule has 12 heavy (non-hydrogen) atoms. The number of ketones is 1. The standard InChI is InChI=1S/C11H12O/c12-11-7-5-9-3-1-2-4-10(9)6-8-11/h1-4H,5-8H2. The first-order chi connectivity index (χ1) is 5.86. The predicted molar refractivity (Wildman–Crippen MR) is 48.1 cm³/mol. The molecule has 0 aliphatic heterocycles. The van der Waals surface area contributed by atoms with Gasteiger partial charge in [-0.1, -0.05) is 24.3 Å². The van der Waals surface area contributed by atoms with E-state index in [1.807, 2.05) is 0 Å². The third-order valence-corrected chi connectivity index (χ3v) is 2.46. The number of aryl methyl sites for hydroxylation is 2.